The molecule has 0 fully saturated rings. The maximum absolute atomic E-state index is 13.7. The third-order valence-electron chi connectivity index (χ3n) is 6.32. The van der Waals surface area contributed by atoms with E-state index in [-0.39, 0.29) is 5.25 Å². The van der Waals surface area contributed by atoms with Crippen LogP contribution in [0.3, 0.4) is 0 Å². The van der Waals surface area contributed by atoms with Crippen molar-refractivity contribution in [1.82, 2.24) is 0 Å². The van der Waals surface area contributed by atoms with E-state index in [1.54, 1.807) is 0 Å². The average Bonchev–Trinajstić information content (AvgIpc) is 2.81. The molecule has 3 atom stereocenters. The van der Waals surface area contributed by atoms with Gasteiger partial charge in [-0.3, -0.25) is 4.21 Å². The third-order valence-corrected chi connectivity index (χ3v) is 8.06. The second-order valence-corrected chi connectivity index (χ2v) is 12.1. The first-order valence-electron chi connectivity index (χ1n) is 13.5. The van der Waals surface area contributed by atoms with Crippen LogP contribution in [0.25, 0.3) is 0 Å². The van der Waals surface area contributed by atoms with Crippen LogP contribution in [0.15, 0.2) is 53.4 Å². The van der Waals surface area contributed by atoms with Crippen molar-refractivity contribution in [2.45, 2.75) is 115 Å². The Labute approximate surface area is 212 Å². The van der Waals surface area contributed by atoms with Crippen LogP contribution in [-0.2, 0) is 10.8 Å². The fraction of sp³-hybridized carbons (Fsp3) is 0.600. The molecular formula is C30H48N2OS. The molecule has 0 amide bonds. The van der Waals surface area contributed by atoms with E-state index in [2.05, 4.69) is 75.6 Å². The van der Waals surface area contributed by atoms with Gasteiger partial charge in [0.1, 0.15) is 0 Å². The monoisotopic (exact) mass is 484 g/mol. The van der Waals surface area contributed by atoms with Crippen LogP contribution in [0, 0.1) is 5.92 Å². The maximum Gasteiger partial charge on any atom is 0.0642 e. The zero-order valence-electron chi connectivity index (χ0n) is 22.2. The molecule has 0 radical (unpaired) electrons. The number of hydrogen-bond donors (Lipinski definition) is 2. The lowest BCUT2D eigenvalue weighted by Crippen LogP contribution is -2.20. The normalized spacial score (nSPS) is 14.1. The van der Waals surface area contributed by atoms with Gasteiger partial charge in [-0.2, -0.15) is 0 Å². The Bertz CT molecular complexity index is 837. The topological polar surface area (TPSA) is 41.1 Å². The molecule has 190 valence electrons. The van der Waals surface area contributed by atoms with E-state index in [4.69, 9.17) is 0 Å². The fourth-order valence-electron chi connectivity index (χ4n) is 4.49. The summed E-state index contributed by atoms with van der Waals surface area (Å²) in [6.45, 7) is 11.1. The summed E-state index contributed by atoms with van der Waals surface area (Å²) < 4.78 is 13.7. The molecule has 2 aromatic carbocycles. The molecule has 0 aliphatic rings. The summed E-state index contributed by atoms with van der Waals surface area (Å²) >= 11 is 0. The first-order chi connectivity index (χ1) is 16.4. The van der Waals surface area contributed by atoms with Gasteiger partial charge in [0.05, 0.1) is 21.4 Å². The van der Waals surface area contributed by atoms with Gasteiger partial charge in [0, 0.05) is 22.7 Å². The molecule has 0 heterocycles. The Hall–Kier alpha value is -1.81. The minimum absolute atomic E-state index is 0.146. The smallest absolute Gasteiger partial charge is 0.0642 e. The van der Waals surface area contributed by atoms with Crippen LogP contribution in [-0.4, -0.2) is 15.5 Å². The van der Waals surface area contributed by atoms with Gasteiger partial charge in [0.15, 0.2) is 0 Å². The van der Waals surface area contributed by atoms with E-state index in [0.29, 0.717) is 12.0 Å². The van der Waals surface area contributed by atoms with Crippen LogP contribution in [0.2, 0.25) is 0 Å². The van der Waals surface area contributed by atoms with Crippen molar-refractivity contribution < 1.29 is 4.21 Å². The van der Waals surface area contributed by atoms with Gasteiger partial charge in [-0.25, -0.2) is 0 Å². The maximum atomic E-state index is 13.7. The lowest BCUT2D eigenvalue weighted by atomic mass is 10.1. The van der Waals surface area contributed by atoms with E-state index >= 15 is 0 Å². The van der Waals surface area contributed by atoms with Gasteiger partial charge in [-0.15, -0.1) is 0 Å². The second kappa shape index (κ2) is 16.0. The lowest BCUT2D eigenvalue weighted by Gasteiger charge is -2.22. The number of rotatable bonds is 17. The minimum Gasteiger partial charge on any atom is -0.382 e. The molecule has 34 heavy (non-hydrogen) atoms. The summed E-state index contributed by atoms with van der Waals surface area (Å²) in [6.07, 6.45) is 12.6. The number of unbranched alkanes of at least 4 members (excludes halogenated alkanes) is 7. The molecule has 0 saturated heterocycles. The molecule has 0 aliphatic heterocycles. The quantitative estimate of drug-likeness (QED) is 0.220. The van der Waals surface area contributed by atoms with Crippen LogP contribution in [0.1, 0.15) is 98.8 Å². The SMILES string of the molecule is CCCCCCCCCCC(C)S(=O)c1cc(Nc2ccccc2)ccc1NC(C)CC(C)C. The molecule has 3 unspecified atom stereocenters. The van der Waals surface area contributed by atoms with Crippen molar-refractivity contribution in [3.63, 3.8) is 0 Å². The highest BCUT2D eigenvalue weighted by Gasteiger charge is 2.19. The van der Waals surface area contributed by atoms with E-state index in [1.165, 1.54) is 44.9 Å². The zero-order valence-corrected chi connectivity index (χ0v) is 23.1. The first kappa shape index (κ1) is 28.4. The van der Waals surface area contributed by atoms with Crippen molar-refractivity contribution in [3.05, 3.63) is 48.5 Å². The number of benzene rings is 2. The van der Waals surface area contributed by atoms with E-state index in [1.807, 2.05) is 18.2 Å². The van der Waals surface area contributed by atoms with Gasteiger partial charge in [0.25, 0.3) is 0 Å². The van der Waals surface area contributed by atoms with Crippen molar-refractivity contribution >= 4 is 27.9 Å². The summed E-state index contributed by atoms with van der Waals surface area (Å²) in [5, 5.41) is 7.26. The van der Waals surface area contributed by atoms with Crippen LogP contribution in [0.4, 0.5) is 17.1 Å². The molecule has 2 rings (SSSR count). The average molecular weight is 485 g/mol. The number of para-hydroxylation sites is 1. The number of anilines is 3. The van der Waals surface area contributed by atoms with Crippen molar-refractivity contribution in [3.8, 4) is 0 Å². The predicted octanol–water partition coefficient (Wildman–Crippen LogP) is 9.30. The Morgan fingerprint density at radius 1 is 0.794 bits per heavy atom. The summed E-state index contributed by atoms with van der Waals surface area (Å²) in [6, 6.07) is 16.8. The number of hydrogen-bond acceptors (Lipinski definition) is 3. The highest BCUT2D eigenvalue weighted by molar-refractivity contribution is 7.85. The van der Waals surface area contributed by atoms with Gasteiger partial charge in [-0.1, -0.05) is 97.3 Å². The summed E-state index contributed by atoms with van der Waals surface area (Å²) in [5.74, 6) is 0.622. The summed E-state index contributed by atoms with van der Waals surface area (Å²) in [7, 11) is -1.05. The Kier molecular flexibility index (Phi) is 13.4. The Morgan fingerprint density at radius 2 is 1.44 bits per heavy atom. The molecule has 3 nitrogen and oxygen atoms in total. The van der Waals surface area contributed by atoms with E-state index < -0.39 is 10.8 Å². The Morgan fingerprint density at radius 3 is 2.09 bits per heavy atom. The largest absolute Gasteiger partial charge is 0.382 e. The van der Waals surface area contributed by atoms with Gasteiger partial charge in [0.2, 0.25) is 0 Å². The van der Waals surface area contributed by atoms with E-state index in [0.717, 1.165) is 41.2 Å². The molecule has 0 aromatic heterocycles. The molecule has 0 saturated carbocycles. The molecule has 0 spiro atoms. The first-order valence-corrected chi connectivity index (χ1v) is 14.7. The summed E-state index contributed by atoms with van der Waals surface area (Å²) in [5.41, 5.74) is 3.03. The third kappa shape index (κ3) is 10.6. The van der Waals surface area contributed by atoms with Gasteiger partial charge >= 0.3 is 0 Å². The Balaban J connectivity index is 2.03. The van der Waals surface area contributed by atoms with Crippen molar-refractivity contribution in [1.29, 1.82) is 0 Å². The number of nitrogens with one attached hydrogen (secondary N) is 2. The molecular weight excluding hydrogens is 436 g/mol. The predicted molar refractivity (Wildman–Crippen MR) is 152 cm³/mol. The minimum atomic E-state index is -1.05. The van der Waals surface area contributed by atoms with Gasteiger partial charge in [-0.05, 0) is 56.0 Å². The fourth-order valence-corrected chi connectivity index (χ4v) is 5.90. The van der Waals surface area contributed by atoms with Crippen molar-refractivity contribution in [2.24, 2.45) is 5.92 Å². The second-order valence-electron chi connectivity index (χ2n) is 10.2. The van der Waals surface area contributed by atoms with Crippen LogP contribution >= 0.6 is 0 Å². The van der Waals surface area contributed by atoms with Crippen molar-refractivity contribution in [2.75, 3.05) is 10.6 Å². The highest BCUT2D eigenvalue weighted by atomic mass is 32.2. The van der Waals surface area contributed by atoms with Gasteiger partial charge < -0.3 is 10.6 Å². The highest BCUT2D eigenvalue weighted by Crippen LogP contribution is 2.30. The molecule has 0 bridgehead atoms. The zero-order chi connectivity index (χ0) is 24.8. The lowest BCUT2D eigenvalue weighted by molar-refractivity contribution is 0.539. The standard InChI is InChI=1S/C30H48N2OS/c1-6-7-8-9-10-11-12-14-17-26(5)34(33)30-23-28(32-27-18-15-13-16-19-27)20-21-29(30)31-25(4)22-24(2)3/h13,15-16,18-21,23-26,31-32H,6-12,14,17,22H2,1-5H3. The molecule has 4 heteroatoms. The van der Waals surface area contributed by atoms with E-state index in [9.17, 15) is 4.21 Å². The summed E-state index contributed by atoms with van der Waals surface area (Å²) in [4.78, 5) is 0.920. The van der Waals surface area contributed by atoms with Crippen LogP contribution < -0.4 is 10.6 Å². The molecule has 2 N–H and O–H groups in total. The van der Waals surface area contributed by atoms with Crippen LogP contribution in [0.5, 0.6) is 0 Å². The molecule has 2 aromatic rings. The molecule has 0 aliphatic carbocycles.